The third-order valence-electron chi connectivity index (χ3n) is 4.05. The second-order valence-corrected chi connectivity index (χ2v) is 7.20. The molecule has 1 aliphatic carbocycles. The molecule has 5 heteroatoms. The Kier molecular flexibility index (Phi) is 4.48. The fraction of sp³-hybridized carbons (Fsp3) is 0.533. The number of nitrogens with zero attached hydrogens (tertiary/aromatic N) is 1. The Morgan fingerprint density at radius 2 is 1.95 bits per heavy atom. The van der Waals surface area contributed by atoms with Crippen molar-refractivity contribution in [3.05, 3.63) is 29.8 Å². The van der Waals surface area contributed by atoms with E-state index in [-0.39, 0.29) is 4.90 Å². The number of aryl methyl sites for hydroxylation is 1. The number of benzene rings is 1. The van der Waals surface area contributed by atoms with Crippen LogP contribution in [0, 0.1) is 18.8 Å². The third-order valence-corrected chi connectivity index (χ3v) is 5.28. The van der Waals surface area contributed by atoms with Crippen LogP contribution in [-0.4, -0.2) is 14.1 Å². The lowest BCUT2D eigenvalue weighted by Gasteiger charge is -2.13. The molecule has 0 bridgehead atoms. The van der Waals surface area contributed by atoms with Gasteiger partial charge in [-0.15, -0.1) is 0 Å². The van der Waals surface area contributed by atoms with Gasteiger partial charge in [0.1, 0.15) is 0 Å². The Hall–Kier alpha value is -1.36. The summed E-state index contributed by atoms with van der Waals surface area (Å²) in [5, 5.41) is 4.18. The minimum Gasteiger partial charge on any atom is -0.200 e. The fourth-order valence-electron chi connectivity index (χ4n) is 2.76. The number of hydrogen-bond donors (Lipinski definition) is 1. The summed E-state index contributed by atoms with van der Waals surface area (Å²) in [4.78, 5) is 2.64. The van der Waals surface area contributed by atoms with Crippen LogP contribution in [-0.2, 0) is 10.0 Å². The number of sulfonamides is 1. The molecule has 0 aromatic heterocycles. The summed E-state index contributed by atoms with van der Waals surface area (Å²) in [5.41, 5.74) is 2.02. The Morgan fingerprint density at radius 3 is 2.55 bits per heavy atom. The highest BCUT2D eigenvalue weighted by Gasteiger charge is 2.28. The fourth-order valence-corrected chi connectivity index (χ4v) is 3.59. The summed E-state index contributed by atoms with van der Waals surface area (Å²) in [6.45, 7) is 6.25. The van der Waals surface area contributed by atoms with Gasteiger partial charge in [0.25, 0.3) is 10.0 Å². The largest absolute Gasteiger partial charge is 0.276 e. The molecule has 0 unspecified atom stereocenters. The van der Waals surface area contributed by atoms with Crippen molar-refractivity contribution in [3.63, 3.8) is 0 Å². The van der Waals surface area contributed by atoms with E-state index in [4.69, 9.17) is 0 Å². The van der Waals surface area contributed by atoms with Crippen LogP contribution in [0.25, 0.3) is 0 Å². The van der Waals surface area contributed by atoms with Crippen molar-refractivity contribution in [2.24, 2.45) is 16.9 Å². The second kappa shape index (κ2) is 5.95. The zero-order valence-corrected chi connectivity index (χ0v) is 13.1. The van der Waals surface area contributed by atoms with Crippen LogP contribution in [0.4, 0.5) is 0 Å². The molecule has 1 N–H and O–H groups in total. The predicted octanol–water partition coefficient (Wildman–Crippen LogP) is 3.09. The average molecular weight is 294 g/mol. The van der Waals surface area contributed by atoms with Gasteiger partial charge in [-0.25, -0.2) is 4.83 Å². The lowest BCUT2D eigenvalue weighted by atomic mass is 9.95. The molecule has 1 aliphatic rings. The summed E-state index contributed by atoms with van der Waals surface area (Å²) in [6, 6.07) is 6.78. The van der Waals surface area contributed by atoms with E-state index in [0.29, 0.717) is 11.8 Å². The van der Waals surface area contributed by atoms with E-state index in [9.17, 15) is 8.42 Å². The van der Waals surface area contributed by atoms with Crippen molar-refractivity contribution in [3.8, 4) is 0 Å². The Bertz CT molecular complexity index is 591. The van der Waals surface area contributed by atoms with Gasteiger partial charge in [-0.05, 0) is 44.2 Å². The van der Waals surface area contributed by atoms with Crippen LogP contribution in [0.2, 0.25) is 0 Å². The molecule has 0 radical (unpaired) electrons. The molecular weight excluding hydrogens is 272 g/mol. The van der Waals surface area contributed by atoms with E-state index >= 15 is 0 Å². The number of hydrazone groups is 1. The highest BCUT2D eigenvalue weighted by molar-refractivity contribution is 7.89. The lowest BCUT2D eigenvalue weighted by Crippen LogP contribution is -2.22. The van der Waals surface area contributed by atoms with E-state index in [1.807, 2.05) is 6.92 Å². The molecule has 0 spiro atoms. The van der Waals surface area contributed by atoms with Crippen molar-refractivity contribution in [1.82, 2.24) is 4.83 Å². The maximum atomic E-state index is 12.2. The standard InChI is InChI=1S/C15H22N2O2S/c1-4-14-12(3)7-10-15(14)16-17-20(18,19)13-8-5-11(2)6-9-13/h5-6,8-9,12,14,17H,4,7,10H2,1-3H3/b16-15-/t12-,14+/m1/s1. The first kappa shape index (κ1) is 15.0. The van der Waals surface area contributed by atoms with Gasteiger partial charge in [-0.2, -0.15) is 13.5 Å². The molecule has 2 rings (SSSR count). The molecule has 0 heterocycles. The number of nitrogens with one attached hydrogen (secondary N) is 1. The summed E-state index contributed by atoms with van der Waals surface area (Å²) in [7, 11) is -3.55. The van der Waals surface area contributed by atoms with E-state index in [1.54, 1.807) is 24.3 Å². The van der Waals surface area contributed by atoms with E-state index < -0.39 is 10.0 Å². The van der Waals surface area contributed by atoms with Crippen LogP contribution in [0.15, 0.2) is 34.3 Å². The first-order valence-corrected chi connectivity index (χ1v) is 8.57. The monoisotopic (exact) mass is 294 g/mol. The smallest absolute Gasteiger partial charge is 0.200 e. The first-order valence-electron chi connectivity index (χ1n) is 7.09. The topological polar surface area (TPSA) is 58.5 Å². The summed E-state index contributed by atoms with van der Waals surface area (Å²) in [5.74, 6) is 0.985. The molecule has 0 aliphatic heterocycles. The molecule has 4 nitrogen and oxygen atoms in total. The van der Waals surface area contributed by atoms with Gasteiger partial charge >= 0.3 is 0 Å². The summed E-state index contributed by atoms with van der Waals surface area (Å²) >= 11 is 0. The Balaban J connectivity index is 2.15. The second-order valence-electron chi connectivity index (χ2n) is 5.54. The van der Waals surface area contributed by atoms with Gasteiger partial charge in [0.05, 0.1) is 4.90 Å². The molecule has 0 saturated heterocycles. The average Bonchev–Trinajstić information content (AvgIpc) is 2.77. The third kappa shape index (κ3) is 3.20. The highest BCUT2D eigenvalue weighted by atomic mass is 32.2. The van der Waals surface area contributed by atoms with Crippen LogP contribution < -0.4 is 4.83 Å². The minimum absolute atomic E-state index is 0.256. The van der Waals surface area contributed by atoms with Gasteiger partial charge in [-0.3, -0.25) is 0 Å². The summed E-state index contributed by atoms with van der Waals surface area (Å²) in [6.07, 6.45) is 2.98. The minimum atomic E-state index is -3.55. The van der Waals surface area contributed by atoms with E-state index in [2.05, 4.69) is 23.8 Å². The molecule has 1 aromatic rings. The maximum Gasteiger partial charge on any atom is 0.276 e. The van der Waals surface area contributed by atoms with Crippen molar-refractivity contribution < 1.29 is 8.42 Å². The SMILES string of the molecule is CC[C@@H]1/C(=N\NS(=O)(=O)c2ccc(C)cc2)CC[C@H]1C. The Labute approximate surface area is 121 Å². The zero-order valence-electron chi connectivity index (χ0n) is 12.3. The van der Waals surface area contributed by atoms with Crippen LogP contribution in [0.3, 0.4) is 0 Å². The van der Waals surface area contributed by atoms with Gasteiger partial charge in [0.15, 0.2) is 0 Å². The lowest BCUT2D eigenvalue weighted by molar-refractivity contribution is 0.467. The zero-order chi connectivity index (χ0) is 14.8. The molecule has 20 heavy (non-hydrogen) atoms. The quantitative estimate of drug-likeness (QED) is 0.868. The molecular formula is C15H22N2O2S. The van der Waals surface area contributed by atoms with Crippen LogP contribution >= 0.6 is 0 Å². The van der Waals surface area contributed by atoms with Crippen molar-refractivity contribution in [1.29, 1.82) is 0 Å². The molecule has 2 atom stereocenters. The van der Waals surface area contributed by atoms with Gasteiger partial charge in [0.2, 0.25) is 0 Å². The molecule has 1 saturated carbocycles. The first-order chi connectivity index (χ1) is 9.44. The molecule has 0 amide bonds. The molecule has 110 valence electrons. The number of hydrogen-bond acceptors (Lipinski definition) is 3. The van der Waals surface area contributed by atoms with Crippen LogP contribution in [0.5, 0.6) is 0 Å². The van der Waals surface area contributed by atoms with Gasteiger partial charge in [-0.1, -0.05) is 31.5 Å². The molecule has 1 fully saturated rings. The van der Waals surface area contributed by atoms with Crippen molar-refractivity contribution in [2.45, 2.75) is 44.9 Å². The number of rotatable bonds is 4. The van der Waals surface area contributed by atoms with E-state index in [1.165, 1.54) is 0 Å². The van der Waals surface area contributed by atoms with Crippen molar-refractivity contribution in [2.75, 3.05) is 0 Å². The van der Waals surface area contributed by atoms with Crippen LogP contribution in [0.1, 0.15) is 38.7 Å². The normalized spacial score (nSPS) is 25.1. The van der Waals surface area contributed by atoms with Gasteiger partial charge in [0, 0.05) is 11.6 Å². The maximum absolute atomic E-state index is 12.2. The van der Waals surface area contributed by atoms with Crippen molar-refractivity contribution >= 4 is 15.7 Å². The molecule has 1 aromatic carbocycles. The summed E-state index contributed by atoms with van der Waals surface area (Å²) < 4.78 is 24.3. The highest BCUT2D eigenvalue weighted by Crippen LogP contribution is 2.31. The Morgan fingerprint density at radius 1 is 1.30 bits per heavy atom. The van der Waals surface area contributed by atoms with Gasteiger partial charge < -0.3 is 0 Å². The van der Waals surface area contributed by atoms with E-state index in [0.717, 1.165) is 30.5 Å². The predicted molar refractivity (Wildman–Crippen MR) is 81.1 cm³/mol.